The van der Waals surface area contributed by atoms with Crippen LogP contribution in [0.2, 0.25) is 0 Å². The standard InChI is InChI=1S/C24H24BrN3O3/c1-30-15-12-20-21(25)22(26-18-6-4-3-5-7-18)23-24(29)27(13-14-28(20)23)16-17-8-10-19(31-2)11-9-17/h3-12,15,26H,13-14,16H2,1-2H3/b15-12+. The minimum Gasteiger partial charge on any atom is -0.504 e. The number of nitrogens with zero attached hydrogens (tertiary/aromatic N) is 2. The SMILES string of the molecule is CO/C=C/c1c(Br)c(Nc2ccccc2)c2n1CCN(Cc1ccc(OC)cc1)C2=O. The molecule has 3 aromatic rings. The third-order valence-corrected chi connectivity index (χ3v) is 6.07. The molecule has 31 heavy (non-hydrogen) atoms. The van der Waals surface area contributed by atoms with Crippen LogP contribution in [0.25, 0.3) is 6.08 Å². The Morgan fingerprint density at radius 2 is 1.81 bits per heavy atom. The van der Waals surface area contributed by atoms with Gasteiger partial charge in [-0.05, 0) is 51.8 Å². The topological polar surface area (TPSA) is 55.7 Å². The van der Waals surface area contributed by atoms with Gasteiger partial charge >= 0.3 is 0 Å². The van der Waals surface area contributed by atoms with Gasteiger partial charge in [-0.15, -0.1) is 0 Å². The molecule has 2 heterocycles. The number of amides is 1. The summed E-state index contributed by atoms with van der Waals surface area (Å²) < 4.78 is 13.2. The van der Waals surface area contributed by atoms with E-state index >= 15 is 0 Å². The number of carbonyl (C=O) groups excluding carboxylic acids is 1. The Labute approximate surface area is 190 Å². The van der Waals surface area contributed by atoms with E-state index in [1.54, 1.807) is 20.5 Å². The molecule has 0 spiro atoms. The predicted molar refractivity (Wildman–Crippen MR) is 126 cm³/mol. The number of fused-ring (bicyclic) bond motifs is 1. The average Bonchev–Trinajstić information content (AvgIpc) is 3.06. The Hall–Kier alpha value is -3.19. The average molecular weight is 482 g/mol. The van der Waals surface area contributed by atoms with Crippen LogP contribution in [0.4, 0.5) is 11.4 Å². The number of aromatic nitrogens is 1. The van der Waals surface area contributed by atoms with Gasteiger partial charge in [-0.3, -0.25) is 4.79 Å². The van der Waals surface area contributed by atoms with Gasteiger partial charge in [0.05, 0.1) is 36.3 Å². The zero-order valence-electron chi connectivity index (χ0n) is 17.5. The molecule has 1 amide bonds. The number of ether oxygens (including phenoxy) is 2. The molecule has 6 nitrogen and oxygen atoms in total. The Morgan fingerprint density at radius 1 is 1.06 bits per heavy atom. The van der Waals surface area contributed by atoms with E-state index in [2.05, 4.69) is 21.2 Å². The molecule has 0 bridgehead atoms. The highest BCUT2D eigenvalue weighted by atomic mass is 79.9. The van der Waals surface area contributed by atoms with Crippen LogP contribution in [-0.4, -0.2) is 36.1 Å². The van der Waals surface area contributed by atoms with Crippen LogP contribution in [0, 0.1) is 0 Å². The fourth-order valence-corrected chi connectivity index (χ4v) is 4.34. The van der Waals surface area contributed by atoms with Crippen LogP contribution < -0.4 is 10.1 Å². The summed E-state index contributed by atoms with van der Waals surface area (Å²) in [6, 6.07) is 17.6. The van der Waals surface area contributed by atoms with Gasteiger partial charge in [0.2, 0.25) is 0 Å². The van der Waals surface area contributed by atoms with Gasteiger partial charge in [0.1, 0.15) is 11.4 Å². The summed E-state index contributed by atoms with van der Waals surface area (Å²) in [6.45, 7) is 1.85. The van der Waals surface area contributed by atoms with Crippen LogP contribution in [0.5, 0.6) is 5.75 Å². The number of rotatable bonds is 7. The number of carbonyl (C=O) groups is 1. The summed E-state index contributed by atoms with van der Waals surface area (Å²) in [5.74, 6) is 0.786. The maximum Gasteiger partial charge on any atom is 0.273 e. The van der Waals surface area contributed by atoms with E-state index in [0.29, 0.717) is 25.3 Å². The Balaban J connectivity index is 1.69. The van der Waals surface area contributed by atoms with Crippen molar-refractivity contribution in [2.24, 2.45) is 0 Å². The molecule has 0 aliphatic carbocycles. The largest absolute Gasteiger partial charge is 0.504 e. The van der Waals surface area contributed by atoms with Crippen LogP contribution >= 0.6 is 15.9 Å². The van der Waals surface area contributed by atoms with Crippen molar-refractivity contribution in [1.82, 2.24) is 9.47 Å². The lowest BCUT2D eigenvalue weighted by atomic mass is 10.1. The van der Waals surface area contributed by atoms with Crippen molar-refractivity contribution in [2.75, 3.05) is 26.1 Å². The third kappa shape index (κ3) is 4.32. The number of para-hydroxylation sites is 1. The molecule has 0 saturated carbocycles. The van der Waals surface area contributed by atoms with Gasteiger partial charge in [0.15, 0.2) is 0 Å². The summed E-state index contributed by atoms with van der Waals surface area (Å²) >= 11 is 3.71. The lowest BCUT2D eigenvalue weighted by Crippen LogP contribution is -2.40. The molecule has 1 N–H and O–H groups in total. The smallest absolute Gasteiger partial charge is 0.273 e. The van der Waals surface area contributed by atoms with Gasteiger partial charge in [-0.1, -0.05) is 30.3 Å². The number of nitrogens with one attached hydrogen (secondary N) is 1. The van der Waals surface area contributed by atoms with Crippen molar-refractivity contribution >= 4 is 39.3 Å². The zero-order chi connectivity index (χ0) is 21.8. The van der Waals surface area contributed by atoms with Crippen molar-refractivity contribution in [3.05, 3.63) is 82.3 Å². The van der Waals surface area contributed by atoms with Crippen LogP contribution in [-0.2, 0) is 17.8 Å². The minimum absolute atomic E-state index is 0.0155. The molecule has 0 radical (unpaired) electrons. The maximum atomic E-state index is 13.6. The Kier molecular flexibility index (Phi) is 6.32. The lowest BCUT2D eigenvalue weighted by Gasteiger charge is -2.29. The van der Waals surface area contributed by atoms with E-state index < -0.39 is 0 Å². The second-order valence-electron chi connectivity index (χ2n) is 7.18. The van der Waals surface area contributed by atoms with Gasteiger partial charge in [0.25, 0.3) is 5.91 Å². The molecule has 7 heteroatoms. The van der Waals surface area contributed by atoms with E-state index in [1.165, 1.54) is 0 Å². The monoisotopic (exact) mass is 481 g/mol. The van der Waals surface area contributed by atoms with E-state index in [4.69, 9.17) is 9.47 Å². The molecule has 1 aromatic heterocycles. The van der Waals surface area contributed by atoms with Crippen molar-refractivity contribution in [1.29, 1.82) is 0 Å². The quantitative estimate of drug-likeness (QED) is 0.466. The van der Waals surface area contributed by atoms with Gasteiger partial charge < -0.3 is 24.3 Å². The molecule has 0 unspecified atom stereocenters. The molecule has 1 aliphatic rings. The zero-order valence-corrected chi connectivity index (χ0v) is 19.1. The van der Waals surface area contributed by atoms with Crippen LogP contribution in [0.1, 0.15) is 21.7 Å². The number of hydrogen-bond donors (Lipinski definition) is 1. The summed E-state index contributed by atoms with van der Waals surface area (Å²) in [7, 11) is 3.25. The fraction of sp³-hybridized carbons (Fsp3) is 0.208. The first-order valence-corrected chi connectivity index (χ1v) is 10.8. The van der Waals surface area contributed by atoms with Crippen molar-refractivity contribution < 1.29 is 14.3 Å². The molecule has 0 atom stereocenters. The molecule has 2 aromatic carbocycles. The Bertz CT molecular complexity index is 1090. The second kappa shape index (κ2) is 9.31. The number of halogens is 1. The number of anilines is 2. The van der Waals surface area contributed by atoms with Crippen molar-refractivity contribution in [3.63, 3.8) is 0 Å². The molecule has 0 saturated heterocycles. The number of methoxy groups -OCH3 is 2. The fourth-order valence-electron chi connectivity index (χ4n) is 3.71. The predicted octanol–water partition coefficient (Wildman–Crippen LogP) is 5.28. The van der Waals surface area contributed by atoms with Crippen molar-refractivity contribution in [3.8, 4) is 5.75 Å². The minimum atomic E-state index is -0.0155. The first-order chi connectivity index (χ1) is 15.1. The van der Waals surface area contributed by atoms with Gasteiger partial charge in [-0.25, -0.2) is 0 Å². The highest BCUT2D eigenvalue weighted by molar-refractivity contribution is 9.10. The summed E-state index contributed by atoms with van der Waals surface area (Å²) in [5, 5.41) is 3.42. The van der Waals surface area contributed by atoms with E-state index in [0.717, 1.165) is 32.9 Å². The molecule has 0 fully saturated rings. The van der Waals surface area contributed by atoms with E-state index in [1.807, 2.05) is 70.1 Å². The maximum absolute atomic E-state index is 13.6. The molecule has 160 valence electrons. The molecular formula is C24H24BrN3O3. The first-order valence-electron chi connectivity index (χ1n) is 9.98. The van der Waals surface area contributed by atoms with Crippen molar-refractivity contribution in [2.45, 2.75) is 13.1 Å². The molecular weight excluding hydrogens is 458 g/mol. The van der Waals surface area contributed by atoms with Crippen LogP contribution in [0.15, 0.2) is 65.3 Å². The highest BCUT2D eigenvalue weighted by Gasteiger charge is 2.32. The highest BCUT2D eigenvalue weighted by Crippen LogP contribution is 2.39. The van der Waals surface area contributed by atoms with Gasteiger partial charge in [0, 0.05) is 25.3 Å². The first kappa shape index (κ1) is 21.1. The second-order valence-corrected chi connectivity index (χ2v) is 7.97. The number of benzene rings is 2. The summed E-state index contributed by atoms with van der Waals surface area (Å²) in [6.07, 6.45) is 3.49. The molecule has 1 aliphatic heterocycles. The van der Waals surface area contributed by atoms with E-state index in [-0.39, 0.29) is 5.91 Å². The van der Waals surface area contributed by atoms with Gasteiger partial charge in [-0.2, -0.15) is 0 Å². The molecule has 4 rings (SSSR count). The summed E-state index contributed by atoms with van der Waals surface area (Å²) in [5.41, 5.74) is 4.26. The summed E-state index contributed by atoms with van der Waals surface area (Å²) in [4.78, 5) is 15.4. The van der Waals surface area contributed by atoms with E-state index in [9.17, 15) is 4.79 Å². The normalized spacial score (nSPS) is 13.4. The Morgan fingerprint density at radius 3 is 2.48 bits per heavy atom. The number of hydrogen-bond acceptors (Lipinski definition) is 4. The lowest BCUT2D eigenvalue weighted by molar-refractivity contribution is 0.0692. The third-order valence-electron chi connectivity index (χ3n) is 5.26. The van der Waals surface area contributed by atoms with Crippen LogP contribution in [0.3, 0.4) is 0 Å².